The lowest BCUT2D eigenvalue weighted by Crippen LogP contribution is -2.05. The third-order valence-electron chi connectivity index (χ3n) is 1.41. The molecule has 2 nitrogen and oxygen atoms in total. The first-order valence-corrected chi connectivity index (χ1v) is 4.29. The molecule has 0 unspecified atom stereocenters. The summed E-state index contributed by atoms with van der Waals surface area (Å²) in [6.07, 6.45) is 0.868. The fourth-order valence-electron chi connectivity index (χ4n) is 0.830. The fourth-order valence-corrected chi connectivity index (χ4v) is 1.01. The predicted molar refractivity (Wildman–Crippen MR) is 57.9 cm³/mol. The SMILES string of the molecule is Cl.NCCCOc1cccc(Cl)c1. The van der Waals surface area contributed by atoms with E-state index in [1.165, 1.54) is 0 Å². The molecule has 4 heteroatoms. The molecule has 0 fully saturated rings. The van der Waals surface area contributed by atoms with Crippen LogP contribution in [0.15, 0.2) is 24.3 Å². The van der Waals surface area contributed by atoms with Gasteiger partial charge in [-0.05, 0) is 31.2 Å². The van der Waals surface area contributed by atoms with Crippen molar-refractivity contribution >= 4 is 24.0 Å². The lowest BCUT2D eigenvalue weighted by molar-refractivity contribution is 0.313. The van der Waals surface area contributed by atoms with E-state index in [0.29, 0.717) is 18.2 Å². The van der Waals surface area contributed by atoms with Crippen molar-refractivity contribution in [3.05, 3.63) is 29.3 Å². The van der Waals surface area contributed by atoms with E-state index in [0.717, 1.165) is 12.2 Å². The lowest BCUT2D eigenvalue weighted by atomic mass is 10.3. The van der Waals surface area contributed by atoms with Crippen molar-refractivity contribution in [1.82, 2.24) is 0 Å². The zero-order chi connectivity index (χ0) is 8.81. The summed E-state index contributed by atoms with van der Waals surface area (Å²) in [6.45, 7) is 1.30. The fraction of sp³-hybridized carbons (Fsp3) is 0.333. The van der Waals surface area contributed by atoms with Gasteiger partial charge in [-0.1, -0.05) is 17.7 Å². The van der Waals surface area contributed by atoms with Crippen molar-refractivity contribution in [1.29, 1.82) is 0 Å². The van der Waals surface area contributed by atoms with E-state index in [2.05, 4.69) is 0 Å². The number of hydrogen-bond acceptors (Lipinski definition) is 2. The maximum atomic E-state index is 5.75. The maximum absolute atomic E-state index is 5.75. The highest BCUT2D eigenvalue weighted by atomic mass is 35.5. The van der Waals surface area contributed by atoms with E-state index in [-0.39, 0.29) is 12.4 Å². The quantitative estimate of drug-likeness (QED) is 0.794. The molecular weight excluding hydrogens is 209 g/mol. The molecule has 0 heterocycles. The van der Waals surface area contributed by atoms with Crippen molar-refractivity contribution in [2.45, 2.75) is 6.42 Å². The first-order chi connectivity index (χ1) is 5.83. The first-order valence-electron chi connectivity index (χ1n) is 3.91. The molecule has 0 atom stereocenters. The van der Waals surface area contributed by atoms with Crippen LogP contribution in [0, 0.1) is 0 Å². The smallest absolute Gasteiger partial charge is 0.120 e. The number of nitrogens with two attached hydrogens (primary N) is 1. The minimum atomic E-state index is 0. The zero-order valence-corrected chi connectivity index (χ0v) is 8.77. The normalized spacial score (nSPS) is 9.08. The number of halogens is 2. The lowest BCUT2D eigenvalue weighted by Gasteiger charge is -2.04. The Bertz CT molecular complexity index is 243. The highest BCUT2D eigenvalue weighted by Gasteiger charge is 1.93. The molecule has 1 rings (SSSR count). The van der Waals surface area contributed by atoms with Crippen LogP contribution >= 0.6 is 24.0 Å². The largest absolute Gasteiger partial charge is 0.493 e. The van der Waals surface area contributed by atoms with Crippen LogP contribution in [0.1, 0.15) is 6.42 Å². The minimum Gasteiger partial charge on any atom is -0.493 e. The Labute approximate surface area is 89.4 Å². The average molecular weight is 222 g/mol. The molecule has 1 aromatic rings. The summed E-state index contributed by atoms with van der Waals surface area (Å²) in [5.74, 6) is 0.802. The van der Waals surface area contributed by atoms with Crippen molar-refractivity contribution in [2.24, 2.45) is 5.73 Å². The molecule has 0 aromatic heterocycles. The van der Waals surface area contributed by atoms with E-state index in [1.54, 1.807) is 6.07 Å². The Morgan fingerprint density at radius 2 is 2.15 bits per heavy atom. The molecule has 2 N–H and O–H groups in total. The Balaban J connectivity index is 0.00000144. The summed E-state index contributed by atoms with van der Waals surface area (Å²) in [4.78, 5) is 0. The third kappa shape index (κ3) is 4.98. The van der Waals surface area contributed by atoms with Gasteiger partial charge >= 0.3 is 0 Å². The van der Waals surface area contributed by atoms with Crippen molar-refractivity contribution in [3.8, 4) is 5.75 Å². The van der Waals surface area contributed by atoms with Crippen LogP contribution in [-0.4, -0.2) is 13.2 Å². The molecule has 74 valence electrons. The van der Waals surface area contributed by atoms with Crippen LogP contribution < -0.4 is 10.5 Å². The summed E-state index contributed by atoms with van der Waals surface area (Å²) >= 11 is 5.75. The topological polar surface area (TPSA) is 35.2 Å². The third-order valence-corrected chi connectivity index (χ3v) is 1.65. The molecule has 1 aromatic carbocycles. The molecule has 0 bridgehead atoms. The van der Waals surface area contributed by atoms with Gasteiger partial charge in [-0.25, -0.2) is 0 Å². The van der Waals surface area contributed by atoms with Gasteiger partial charge in [0, 0.05) is 5.02 Å². The van der Waals surface area contributed by atoms with Crippen molar-refractivity contribution < 1.29 is 4.74 Å². The second-order valence-corrected chi connectivity index (χ2v) is 2.88. The van der Waals surface area contributed by atoms with Crippen LogP contribution in [0.3, 0.4) is 0 Å². The van der Waals surface area contributed by atoms with E-state index >= 15 is 0 Å². The number of hydrogen-bond donors (Lipinski definition) is 1. The monoisotopic (exact) mass is 221 g/mol. The van der Waals surface area contributed by atoms with Gasteiger partial charge in [0.05, 0.1) is 6.61 Å². The van der Waals surface area contributed by atoms with Gasteiger partial charge in [-0.15, -0.1) is 12.4 Å². The van der Waals surface area contributed by atoms with Gasteiger partial charge in [0.2, 0.25) is 0 Å². The Morgan fingerprint density at radius 1 is 1.38 bits per heavy atom. The molecule has 0 saturated heterocycles. The Kier molecular flexibility index (Phi) is 6.77. The van der Waals surface area contributed by atoms with Gasteiger partial charge in [0.15, 0.2) is 0 Å². The predicted octanol–water partition coefficient (Wildman–Crippen LogP) is 2.49. The van der Waals surface area contributed by atoms with Crippen molar-refractivity contribution in [2.75, 3.05) is 13.2 Å². The van der Waals surface area contributed by atoms with Crippen molar-refractivity contribution in [3.63, 3.8) is 0 Å². The van der Waals surface area contributed by atoms with E-state index in [4.69, 9.17) is 22.1 Å². The summed E-state index contributed by atoms with van der Waals surface area (Å²) < 4.78 is 5.36. The number of rotatable bonds is 4. The molecule has 0 aliphatic heterocycles. The van der Waals surface area contributed by atoms with Crippen LogP contribution in [0.25, 0.3) is 0 Å². The van der Waals surface area contributed by atoms with Gasteiger partial charge in [-0.2, -0.15) is 0 Å². The van der Waals surface area contributed by atoms with E-state index in [9.17, 15) is 0 Å². The summed E-state index contributed by atoms with van der Waals surface area (Å²) in [5.41, 5.74) is 5.32. The molecule has 0 radical (unpaired) electrons. The van der Waals surface area contributed by atoms with Crippen LogP contribution in [-0.2, 0) is 0 Å². The van der Waals surface area contributed by atoms with E-state index < -0.39 is 0 Å². The summed E-state index contributed by atoms with van der Waals surface area (Å²) in [7, 11) is 0. The number of ether oxygens (including phenoxy) is 1. The molecule has 0 aliphatic rings. The summed E-state index contributed by atoms with van der Waals surface area (Å²) in [5, 5.41) is 0.695. The Hall–Kier alpha value is -0.440. The van der Waals surface area contributed by atoms with Crippen LogP contribution in [0.2, 0.25) is 5.02 Å². The highest BCUT2D eigenvalue weighted by Crippen LogP contribution is 2.16. The minimum absolute atomic E-state index is 0. The first kappa shape index (κ1) is 12.6. The van der Waals surface area contributed by atoms with Gasteiger partial charge in [-0.3, -0.25) is 0 Å². The standard InChI is InChI=1S/C9H12ClNO.ClH/c10-8-3-1-4-9(7-8)12-6-2-5-11;/h1,3-4,7H,2,5-6,11H2;1H. The zero-order valence-electron chi connectivity index (χ0n) is 7.20. The molecule has 0 aliphatic carbocycles. The second-order valence-electron chi connectivity index (χ2n) is 2.45. The second kappa shape index (κ2) is 7.01. The van der Waals surface area contributed by atoms with Gasteiger partial charge < -0.3 is 10.5 Å². The Morgan fingerprint density at radius 3 is 2.77 bits per heavy atom. The van der Waals surface area contributed by atoms with Gasteiger partial charge in [0.1, 0.15) is 5.75 Å². The summed E-state index contributed by atoms with van der Waals surface area (Å²) in [6, 6.07) is 7.35. The molecule has 0 saturated carbocycles. The van der Waals surface area contributed by atoms with E-state index in [1.807, 2.05) is 18.2 Å². The van der Waals surface area contributed by atoms with Crippen LogP contribution in [0.4, 0.5) is 0 Å². The number of benzene rings is 1. The molecular formula is C9H13Cl2NO. The molecule has 0 spiro atoms. The van der Waals surface area contributed by atoms with Gasteiger partial charge in [0.25, 0.3) is 0 Å². The molecule has 0 amide bonds. The maximum Gasteiger partial charge on any atom is 0.120 e. The average Bonchev–Trinajstić information content (AvgIpc) is 2.05. The highest BCUT2D eigenvalue weighted by molar-refractivity contribution is 6.30. The van der Waals surface area contributed by atoms with Crippen LogP contribution in [0.5, 0.6) is 5.75 Å². The molecule has 13 heavy (non-hydrogen) atoms.